The maximum Gasteiger partial charge on any atom is 0.196 e. The van der Waals surface area contributed by atoms with Crippen molar-refractivity contribution >= 4 is 28.3 Å². The number of rotatable bonds is 3. The zero-order chi connectivity index (χ0) is 16.7. The van der Waals surface area contributed by atoms with E-state index in [1.807, 2.05) is 41.7 Å². The van der Waals surface area contributed by atoms with Gasteiger partial charge >= 0.3 is 0 Å². The Morgan fingerprint density at radius 2 is 1.88 bits per heavy atom. The number of aromatic nitrogens is 3. The van der Waals surface area contributed by atoms with Crippen molar-refractivity contribution in [2.24, 2.45) is 0 Å². The zero-order valence-electron chi connectivity index (χ0n) is 12.8. The molecule has 0 radical (unpaired) electrons. The molecule has 2 heterocycles. The Morgan fingerprint density at radius 1 is 1.04 bits per heavy atom. The molecule has 6 heteroatoms. The molecule has 0 bridgehead atoms. The molecule has 0 N–H and O–H groups in total. The maximum absolute atomic E-state index is 13.8. The maximum atomic E-state index is 13.8. The summed E-state index contributed by atoms with van der Waals surface area (Å²) in [5, 5.41) is 10.2. The molecule has 0 spiro atoms. The highest BCUT2D eigenvalue weighted by atomic mass is 32.2. The largest absolute Gasteiger partial charge is 0.270 e. The minimum absolute atomic E-state index is 0.284. The molecule has 2 aromatic heterocycles. The second-order valence-electron chi connectivity index (χ2n) is 5.52. The van der Waals surface area contributed by atoms with Crippen molar-refractivity contribution < 1.29 is 8.78 Å². The third-order valence-electron chi connectivity index (χ3n) is 3.96. The van der Waals surface area contributed by atoms with Crippen LogP contribution >= 0.6 is 11.8 Å². The van der Waals surface area contributed by atoms with Crippen LogP contribution < -0.4 is 0 Å². The van der Waals surface area contributed by atoms with Gasteiger partial charge in [0.15, 0.2) is 22.4 Å². The lowest BCUT2D eigenvalue weighted by Crippen LogP contribution is -1.95. The SMILES string of the molecule is Cc1cc2nnc(SCc3cccc(F)c3F)n2c2ccccc12. The minimum Gasteiger partial charge on any atom is -0.270 e. The number of hydrogen-bond donors (Lipinski definition) is 0. The quantitative estimate of drug-likeness (QED) is 0.503. The summed E-state index contributed by atoms with van der Waals surface area (Å²) in [6.45, 7) is 2.03. The molecule has 0 fully saturated rings. The van der Waals surface area contributed by atoms with Crippen molar-refractivity contribution in [2.45, 2.75) is 17.8 Å². The molecule has 0 aliphatic rings. The molecular weight excluding hydrogens is 328 g/mol. The number of benzene rings is 2. The highest BCUT2D eigenvalue weighted by Crippen LogP contribution is 2.28. The number of nitrogens with zero attached hydrogens (tertiary/aromatic N) is 3. The van der Waals surface area contributed by atoms with Gasteiger partial charge in [-0.1, -0.05) is 42.1 Å². The van der Waals surface area contributed by atoms with Crippen molar-refractivity contribution in [2.75, 3.05) is 0 Å². The molecule has 120 valence electrons. The van der Waals surface area contributed by atoms with E-state index in [0.29, 0.717) is 10.7 Å². The first-order valence-corrected chi connectivity index (χ1v) is 8.43. The lowest BCUT2D eigenvalue weighted by molar-refractivity contribution is 0.502. The summed E-state index contributed by atoms with van der Waals surface area (Å²) >= 11 is 1.34. The summed E-state index contributed by atoms with van der Waals surface area (Å²) in [7, 11) is 0. The Hall–Kier alpha value is -2.47. The first-order chi connectivity index (χ1) is 11.6. The molecule has 4 rings (SSSR count). The molecule has 0 aliphatic carbocycles. The van der Waals surface area contributed by atoms with Crippen molar-refractivity contribution in [3.8, 4) is 0 Å². The van der Waals surface area contributed by atoms with Gasteiger partial charge < -0.3 is 0 Å². The Bertz CT molecular complexity index is 1060. The van der Waals surface area contributed by atoms with Crippen LogP contribution in [0.15, 0.2) is 53.7 Å². The van der Waals surface area contributed by atoms with Crippen LogP contribution in [-0.4, -0.2) is 14.6 Å². The molecule has 0 unspecified atom stereocenters. The Balaban J connectivity index is 1.78. The van der Waals surface area contributed by atoms with E-state index in [4.69, 9.17) is 0 Å². The standard InChI is InChI=1S/C18H13F2N3S/c1-11-9-16-21-22-18(23(16)15-8-3-2-6-13(11)15)24-10-12-5-4-7-14(19)17(12)20/h2-9H,10H2,1H3. The Kier molecular flexibility index (Phi) is 3.69. The summed E-state index contributed by atoms with van der Waals surface area (Å²) in [4.78, 5) is 0. The van der Waals surface area contributed by atoms with E-state index in [2.05, 4.69) is 10.2 Å². The molecular formula is C18H13F2N3S. The molecule has 2 aromatic carbocycles. The summed E-state index contributed by atoms with van der Waals surface area (Å²) in [5.74, 6) is -1.35. The fourth-order valence-corrected chi connectivity index (χ4v) is 3.70. The summed E-state index contributed by atoms with van der Waals surface area (Å²) < 4.78 is 29.1. The van der Waals surface area contributed by atoms with Gasteiger partial charge in [-0.05, 0) is 30.7 Å². The average molecular weight is 341 g/mol. The van der Waals surface area contributed by atoms with Crippen LogP contribution in [-0.2, 0) is 5.75 Å². The number of thioether (sulfide) groups is 1. The van der Waals surface area contributed by atoms with E-state index in [1.54, 1.807) is 6.07 Å². The van der Waals surface area contributed by atoms with E-state index in [1.165, 1.54) is 17.8 Å². The monoisotopic (exact) mass is 341 g/mol. The van der Waals surface area contributed by atoms with Gasteiger partial charge in [-0.3, -0.25) is 4.40 Å². The van der Waals surface area contributed by atoms with Gasteiger partial charge in [0.1, 0.15) is 0 Å². The molecule has 4 aromatic rings. The van der Waals surface area contributed by atoms with Crippen molar-refractivity contribution in [1.29, 1.82) is 0 Å². The van der Waals surface area contributed by atoms with Crippen LogP contribution in [0.5, 0.6) is 0 Å². The number of fused-ring (bicyclic) bond motifs is 3. The van der Waals surface area contributed by atoms with Gasteiger partial charge in [0, 0.05) is 16.7 Å². The third kappa shape index (κ3) is 2.43. The smallest absolute Gasteiger partial charge is 0.196 e. The van der Waals surface area contributed by atoms with Crippen LogP contribution in [0.25, 0.3) is 16.6 Å². The van der Waals surface area contributed by atoms with Crippen LogP contribution in [0.2, 0.25) is 0 Å². The van der Waals surface area contributed by atoms with Crippen molar-refractivity contribution in [3.63, 3.8) is 0 Å². The number of halogens is 2. The van der Waals surface area contributed by atoms with E-state index in [0.717, 1.165) is 28.2 Å². The molecule has 0 amide bonds. The lowest BCUT2D eigenvalue weighted by atomic mass is 10.1. The highest BCUT2D eigenvalue weighted by Gasteiger charge is 2.13. The van der Waals surface area contributed by atoms with Crippen molar-refractivity contribution in [3.05, 3.63) is 71.3 Å². The molecule has 3 nitrogen and oxygen atoms in total. The van der Waals surface area contributed by atoms with E-state index in [-0.39, 0.29) is 5.75 Å². The fraction of sp³-hybridized carbons (Fsp3) is 0.111. The van der Waals surface area contributed by atoms with Gasteiger partial charge in [-0.2, -0.15) is 0 Å². The molecule has 24 heavy (non-hydrogen) atoms. The van der Waals surface area contributed by atoms with Gasteiger partial charge in [0.05, 0.1) is 5.52 Å². The normalized spacial score (nSPS) is 11.5. The summed E-state index contributed by atoms with van der Waals surface area (Å²) in [5.41, 5.74) is 3.18. The average Bonchev–Trinajstić information content (AvgIpc) is 2.99. The summed E-state index contributed by atoms with van der Waals surface area (Å²) in [6.07, 6.45) is 0. The molecule has 0 aliphatic heterocycles. The van der Waals surface area contributed by atoms with Crippen molar-refractivity contribution in [1.82, 2.24) is 14.6 Å². The molecule has 0 saturated heterocycles. The fourth-order valence-electron chi connectivity index (χ4n) is 2.77. The Morgan fingerprint density at radius 3 is 2.75 bits per heavy atom. The lowest BCUT2D eigenvalue weighted by Gasteiger charge is -2.07. The van der Waals surface area contributed by atoms with E-state index in [9.17, 15) is 8.78 Å². The van der Waals surface area contributed by atoms with E-state index < -0.39 is 11.6 Å². The number of pyridine rings is 1. The van der Waals surface area contributed by atoms with Gasteiger partial charge in [-0.25, -0.2) is 8.78 Å². The predicted octanol–water partition coefficient (Wildman–Crippen LogP) is 4.76. The van der Waals surface area contributed by atoms with Crippen LogP contribution in [0, 0.1) is 18.6 Å². The highest BCUT2D eigenvalue weighted by molar-refractivity contribution is 7.98. The Labute approximate surface area is 141 Å². The topological polar surface area (TPSA) is 30.2 Å². The van der Waals surface area contributed by atoms with Crippen LogP contribution in [0.4, 0.5) is 8.78 Å². The number of aryl methyl sites for hydroxylation is 1. The third-order valence-corrected chi connectivity index (χ3v) is 4.94. The van der Waals surface area contributed by atoms with Gasteiger partial charge in [0.25, 0.3) is 0 Å². The minimum atomic E-state index is -0.833. The number of para-hydroxylation sites is 1. The van der Waals surface area contributed by atoms with E-state index >= 15 is 0 Å². The second kappa shape index (κ2) is 5.87. The zero-order valence-corrected chi connectivity index (χ0v) is 13.6. The summed E-state index contributed by atoms with van der Waals surface area (Å²) in [6, 6.07) is 14.2. The predicted molar refractivity (Wildman–Crippen MR) is 91.1 cm³/mol. The van der Waals surface area contributed by atoms with Crippen LogP contribution in [0.1, 0.15) is 11.1 Å². The van der Waals surface area contributed by atoms with Crippen LogP contribution in [0.3, 0.4) is 0 Å². The number of hydrogen-bond acceptors (Lipinski definition) is 3. The molecule has 0 atom stereocenters. The second-order valence-corrected chi connectivity index (χ2v) is 6.46. The van der Waals surface area contributed by atoms with Gasteiger partial charge in [0.2, 0.25) is 0 Å². The van der Waals surface area contributed by atoms with Gasteiger partial charge in [-0.15, -0.1) is 10.2 Å². The first-order valence-electron chi connectivity index (χ1n) is 7.44. The first kappa shape index (κ1) is 15.1. The molecule has 0 saturated carbocycles.